The molecule has 0 saturated heterocycles. The molecule has 1 amide bonds. The van der Waals surface area contributed by atoms with Crippen molar-refractivity contribution in [3.63, 3.8) is 0 Å². The van der Waals surface area contributed by atoms with Crippen molar-refractivity contribution in [2.24, 2.45) is 0 Å². The molecule has 1 saturated carbocycles. The zero-order valence-corrected chi connectivity index (χ0v) is 16.2. The largest absolute Gasteiger partial charge is 0.325 e. The van der Waals surface area contributed by atoms with Gasteiger partial charge in [-0.2, -0.15) is 0 Å². The van der Waals surface area contributed by atoms with Crippen molar-refractivity contribution in [3.05, 3.63) is 64.6 Å². The minimum atomic E-state index is -0.328. The number of carbonyl (C=O) groups excluding carboxylic acids is 1. The highest BCUT2D eigenvalue weighted by molar-refractivity contribution is 8.00. The molecule has 1 aliphatic rings. The predicted molar refractivity (Wildman–Crippen MR) is 106 cm³/mol. The van der Waals surface area contributed by atoms with Gasteiger partial charge in [-0.25, -0.2) is 4.68 Å². The first-order chi connectivity index (χ1) is 13.6. The van der Waals surface area contributed by atoms with Gasteiger partial charge in [0.2, 0.25) is 11.1 Å². The second kappa shape index (κ2) is 7.97. The third kappa shape index (κ3) is 4.30. The van der Waals surface area contributed by atoms with Gasteiger partial charge in [-0.1, -0.05) is 30.0 Å². The molecular formula is C19H20N6O2S. The van der Waals surface area contributed by atoms with E-state index < -0.39 is 0 Å². The highest BCUT2D eigenvalue weighted by Gasteiger charge is 2.29. The molecule has 0 radical (unpaired) electrons. The minimum absolute atomic E-state index is 0.0423. The van der Waals surface area contributed by atoms with Crippen molar-refractivity contribution in [2.45, 2.75) is 42.8 Å². The second-order valence-electron chi connectivity index (χ2n) is 6.75. The molecule has 1 N–H and O–H groups in total. The van der Waals surface area contributed by atoms with E-state index in [1.165, 1.54) is 17.8 Å². The van der Waals surface area contributed by atoms with Gasteiger partial charge in [-0.3, -0.25) is 9.59 Å². The third-order valence-electron chi connectivity index (χ3n) is 4.48. The van der Waals surface area contributed by atoms with Crippen molar-refractivity contribution in [1.82, 2.24) is 24.8 Å². The van der Waals surface area contributed by atoms with E-state index in [1.54, 1.807) is 21.5 Å². The third-order valence-corrected chi connectivity index (χ3v) is 5.53. The molecule has 1 unspecified atom stereocenters. The number of hydrogen-bond donors (Lipinski definition) is 1. The predicted octanol–water partition coefficient (Wildman–Crippen LogP) is 2.34. The first-order valence-corrected chi connectivity index (χ1v) is 9.98. The zero-order chi connectivity index (χ0) is 19.5. The molecule has 1 atom stereocenters. The molecule has 3 aromatic rings. The van der Waals surface area contributed by atoms with Crippen LogP contribution in [0.15, 0.2) is 58.6 Å². The number of nitrogens with zero attached hydrogens (tertiary/aromatic N) is 5. The Morgan fingerprint density at radius 2 is 2.04 bits per heavy atom. The first kappa shape index (κ1) is 18.4. The molecule has 9 heteroatoms. The van der Waals surface area contributed by atoms with E-state index in [9.17, 15) is 9.59 Å². The number of pyridine rings is 1. The Hall–Kier alpha value is -2.94. The van der Waals surface area contributed by atoms with Crippen molar-refractivity contribution in [2.75, 3.05) is 5.32 Å². The Morgan fingerprint density at radius 1 is 1.25 bits per heavy atom. The summed E-state index contributed by atoms with van der Waals surface area (Å²) in [5, 5.41) is 15.0. The molecule has 8 nitrogen and oxygen atoms in total. The number of nitrogens with one attached hydrogen (secondary N) is 1. The smallest absolute Gasteiger partial charge is 0.250 e. The summed E-state index contributed by atoms with van der Waals surface area (Å²) in [7, 11) is 0. The number of tetrazole rings is 1. The van der Waals surface area contributed by atoms with E-state index in [1.807, 2.05) is 37.3 Å². The molecule has 144 valence electrons. The van der Waals surface area contributed by atoms with E-state index in [0.717, 1.165) is 18.4 Å². The maximum absolute atomic E-state index is 12.5. The summed E-state index contributed by atoms with van der Waals surface area (Å²) < 4.78 is 3.44. The van der Waals surface area contributed by atoms with Gasteiger partial charge in [0.05, 0.1) is 17.8 Å². The van der Waals surface area contributed by atoms with E-state index in [2.05, 4.69) is 20.8 Å². The van der Waals surface area contributed by atoms with Crippen molar-refractivity contribution >= 4 is 23.4 Å². The molecule has 0 aliphatic heterocycles. The fourth-order valence-electron chi connectivity index (χ4n) is 2.75. The molecular weight excluding hydrogens is 376 g/mol. The number of anilines is 1. The summed E-state index contributed by atoms with van der Waals surface area (Å²) in [6.07, 6.45) is 3.92. The van der Waals surface area contributed by atoms with E-state index in [4.69, 9.17) is 0 Å². The fourth-order valence-corrected chi connectivity index (χ4v) is 3.61. The maximum Gasteiger partial charge on any atom is 0.250 e. The molecule has 0 bridgehead atoms. The minimum Gasteiger partial charge on any atom is -0.325 e. The summed E-state index contributed by atoms with van der Waals surface area (Å²) in [5.41, 5.74) is 1.65. The molecule has 2 heterocycles. The van der Waals surface area contributed by atoms with Crippen LogP contribution in [-0.4, -0.2) is 35.9 Å². The lowest BCUT2D eigenvalue weighted by atomic mass is 10.2. The maximum atomic E-state index is 12.5. The Morgan fingerprint density at radius 3 is 2.75 bits per heavy atom. The average molecular weight is 396 g/mol. The van der Waals surface area contributed by atoms with Crippen LogP contribution in [0.4, 0.5) is 5.69 Å². The van der Waals surface area contributed by atoms with Crippen LogP contribution < -0.4 is 10.9 Å². The van der Waals surface area contributed by atoms with Crippen LogP contribution in [0.3, 0.4) is 0 Å². The standard InChI is InChI=1S/C19H20N6O2S/c1-13(28-19-21-22-23-25(19)16-9-10-16)18(27)20-15-7-5-14(6-8-15)12-24-11-3-2-4-17(24)26/h2-8,11,13,16H,9-10,12H2,1H3,(H,20,27). The molecule has 1 aliphatic carbocycles. The summed E-state index contributed by atoms with van der Waals surface area (Å²) in [5.74, 6) is -0.109. The number of aromatic nitrogens is 5. The van der Waals surface area contributed by atoms with Crippen molar-refractivity contribution in [1.29, 1.82) is 0 Å². The molecule has 28 heavy (non-hydrogen) atoms. The lowest BCUT2D eigenvalue weighted by Gasteiger charge is -2.12. The van der Waals surface area contributed by atoms with Gasteiger partial charge in [0.15, 0.2) is 0 Å². The quantitative estimate of drug-likeness (QED) is 0.616. The molecule has 2 aromatic heterocycles. The summed E-state index contributed by atoms with van der Waals surface area (Å²) in [4.78, 5) is 24.3. The molecule has 0 spiro atoms. The van der Waals surface area contributed by atoms with Gasteiger partial charge in [-0.05, 0) is 54.0 Å². The van der Waals surface area contributed by atoms with Crippen molar-refractivity contribution in [3.8, 4) is 0 Å². The van der Waals surface area contributed by atoms with Crippen LogP contribution in [0, 0.1) is 0 Å². The molecule has 4 rings (SSSR count). The second-order valence-corrected chi connectivity index (χ2v) is 8.06. The van der Waals surface area contributed by atoms with Gasteiger partial charge in [0.25, 0.3) is 5.56 Å². The number of carbonyl (C=O) groups is 1. The molecule has 1 aromatic carbocycles. The van der Waals surface area contributed by atoms with Crippen LogP contribution >= 0.6 is 11.8 Å². The summed E-state index contributed by atoms with van der Waals surface area (Å²) in [6, 6.07) is 12.9. The van der Waals surface area contributed by atoms with E-state index in [0.29, 0.717) is 23.4 Å². The van der Waals surface area contributed by atoms with Crippen LogP contribution in [0.5, 0.6) is 0 Å². The van der Waals surface area contributed by atoms with E-state index >= 15 is 0 Å². The van der Waals surface area contributed by atoms with Crippen LogP contribution in [0.2, 0.25) is 0 Å². The summed E-state index contributed by atoms with van der Waals surface area (Å²) in [6.45, 7) is 2.33. The monoisotopic (exact) mass is 396 g/mol. The van der Waals surface area contributed by atoms with Gasteiger partial charge < -0.3 is 9.88 Å². The SMILES string of the molecule is CC(Sc1nnnn1C1CC1)C(=O)Nc1ccc(Cn2ccccc2=O)cc1. The Labute approximate surface area is 166 Å². The Balaban J connectivity index is 1.35. The van der Waals surface area contributed by atoms with Gasteiger partial charge in [0, 0.05) is 18.0 Å². The number of rotatable bonds is 7. The topological polar surface area (TPSA) is 94.7 Å². The Bertz CT molecular complexity index is 1030. The van der Waals surface area contributed by atoms with Crippen LogP contribution in [-0.2, 0) is 11.3 Å². The number of thioether (sulfide) groups is 1. The number of hydrogen-bond acceptors (Lipinski definition) is 6. The number of amides is 1. The first-order valence-electron chi connectivity index (χ1n) is 9.10. The Kier molecular flexibility index (Phi) is 5.25. The van der Waals surface area contributed by atoms with Crippen LogP contribution in [0.1, 0.15) is 31.4 Å². The van der Waals surface area contributed by atoms with Gasteiger partial charge in [-0.15, -0.1) is 5.10 Å². The number of benzene rings is 1. The highest BCUT2D eigenvalue weighted by atomic mass is 32.2. The van der Waals surface area contributed by atoms with Gasteiger partial charge in [0.1, 0.15) is 0 Å². The zero-order valence-electron chi connectivity index (χ0n) is 15.4. The lowest BCUT2D eigenvalue weighted by molar-refractivity contribution is -0.115. The molecule has 1 fully saturated rings. The fraction of sp³-hybridized carbons (Fsp3) is 0.316. The van der Waals surface area contributed by atoms with E-state index in [-0.39, 0.29) is 16.7 Å². The van der Waals surface area contributed by atoms with Crippen LogP contribution in [0.25, 0.3) is 0 Å². The summed E-state index contributed by atoms with van der Waals surface area (Å²) >= 11 is 1.36. The lowest BCUT2D eigenvalue weighted by Crippen LogP contribution is -2.23. The van der Waals surface area contributed by atoms with Gasteiger partial charge >= 0.3 is 0 Å². The van der Waals surface area contributed by atoms with Crippen molar-refractivity contribution < 1.29 is 4.79 Å². The highest BCUT2D eigenvalue weighted by Crippen LogP contribution is 2.37. The normalized spacial score (nSPS) is 14.6. The average Bonchev–Trinajstić information content (AvgIpc) is 3.44.